The highest BCUT2D eigenvalue weighted by molar-refractivity contribution is 6.31. The predicted octanol–water partition coefficient (Wildman–Crippen LogP) is 2.95. The van der Waals surface area contributed by atoms with Gasteiger partial charge in [0.1, 0.15) is 0 Å². The van der Waals surface area contributed by atoms with Crippen LogP contribution in [0.4, 0.5) is 10.1 Å². The largest absolute Gasteiger partial charge is 0.305 e. The van der Waals surface area contributed by atoms with E-state index in [2.05, 4.69) is 0 Å². The van der Waals surface area contributed by atoms with Crippen LogP contribution in [0, 0.1) is 15.9 Å². The Bertz CT molecular complexity index is 354. The van der Waals surface area contributed by atoms with E-state index in [1.54, 1.807) is 6.92 Å². The van der Waals surface area contributed by atoms with Crippen molar-refractivity contribution < 1.29 is 9.31 Å². The lowest BCUT2D eigenvalue weighted by atomic mass is 10.1. The molecule has 3 nitrogen and oxygen atoms in total. The molecule has 0 aliphatic heterocycles. The second-order valence-electron chi connectivity index (χ2n) is 2.47. The van der Waals surface area contributed by atoms with E-state index in [0.29, 0.717) is 6.42 Å². The van der Waals surface area contributed by atoms with Crippen molar-refractivity contribution >= 4 is 17.3 Å². The Hall–Kier alpha value is -1.16. The summed E-state index contributed by atoms with van der Waals surface area (Å²) in [5.74, 6) is -0.833. The smallest absolute Gasteiger partial charge is 0.258 e. The first-order valence-corrected chi connectivity index (χ1v) is 4.07. The van der Waals surface area contributed by atoms with E-state index in [0.717, 1.165) is 6.07 Å². The highest BCUT2D eigenvalue weighted by atomic mass is 35.5. The van der Waals surface area contributed by atoms with Crippen LogP contribution >= 0.6 is 11.6 Å². The molecule has 0 heterocycles. The topological polar surface area (TPSA) is 43.1 Å². The molecule has 0 fully saturated rings. The number of nitrogens with zero attached hydrogens (tertiary/aromatic N) is 1. The quantitative estimate of drug-likeness (QED) is 0.548. The zero-order valence-corrected chi connectivity index (χ0v) is 7.64. The number of hydrogen-bond donors (Lipinski definition) is 0. The van der Waals surface area contributed by atoms with Crippen LogP contribution in [-0.2, 0) is 6.42 Å². The molecule has 0 radical (unpaired) electrons. The van der Waals surface area contributed by atoms with Crippen LogP contribution in [-0.4, -0.2) is 4.92 Å². The standard InChI is InChI=1S/C8H7ClFNO2/c1-2-5-6(9)3-4-7(8(5)10)11(12)13/h3-4H,2H2,1H3. The molecule has 0 saturated heterocycles. The molecule has 0 atom stereocenters. The number of rotatable bonds is 2. The summed E-state index contributed by atoms with van der Waals surface area (Å²) in [6.45, 7) is 1.69. The SMILES string of the molecule is CCc1c(Cl)ccc([N+](=O)[O-])c1F. The molecule has 0 N–H and O–H groups in total. The van der Waals surface area contributed by atoms with E-state index in [4.69, 9.17) is 11.6 Å². The van der Waals surface area contributed by atoms with E-state index >= 15 is 0 Å². The summed E-state index contributed by atoms with van der Waals surface area (Å²) >= 11 is 5.64. The normalized spacial score (nSPS) is 10.1. The van der Waals surface area contributed by atoms with Gasteiger partial charge in [0, 0.05) is 16.7 Å². The third-order valence-electron chi connectivity index (χ3n) is 1.72. The van der Waals surface area contributed by atoms with E-state index < -0.39 is 16.4 Å². The Kier molecular flexibility index (Phi) is 2.83. The van der Waals surface area contributed by atoms with Crippen molar-refractivity contribution in [1.29, 1.82) is 0 Å². The lowest BCUT2D eigenvalue weighted by Crippen LogP contribution is -1.97. The fraction of sp³-hybridized carbons (Fsp3) is 0.250. The van der Waals surface area contributed by atoms with Gasteiger partial charge < -0.3 is 0 Å². The van der Waals surface area contributed by atoms with Crippen LogP contribution in [0.5, 0.6) is 0 Å². The van der Waals surface area contributed by atoms with Crippen LogP contribution < -0.4 is 0 Å². The van der Waals surface area contributed by atoms with Gasteiger partial charge in [0.15, 0.2) is 0 Å². The number of hydrogen-bond acceptors (Lipinski definition) is 2. The van der Waals surface area contributed by atoms with Gasteiger partial charge in [-0.05, 0) is 12.5 Å². The Morgan fingerprint density at radius 1 is 1.62 bits per heavy atom. The molecule has 0 spiro atoms. The van der Waals surface area contributed by atoms with Crippen molar-refractivity contribution in [3.63, 3.8) is 0 Å². The number of nitro groups is 1. The Balaban J connectivity index is 3.35. The van der Waals surface area contributed by atoms with E-state index in [9.17, 15) is 14.5 Å². The van der Waals surface area contributed by atoms with Crippen molar-refractivity contribution in [2.75, 3.05) is 0 Å². The molecule has 0 aliphatic carbocycles. The van der Waals surface area contributed by atoms with Gasteiger partial charge in [-0.25, -0.2) is 0 Å². The fourth-order valence-electron chi connectivity index (χ4n) is 1.05. The summed E-state index contributed by atoms with van der Waals surface area (Å²) < 4.78 is 13.3. The lowest BCUT2D eigenvalue weighted by molar-refractivity contribution is -0.387. The van der Waals surface area contributed by atoms with Gasteiger partial charge in [-0.1, -0.05) is 18.5 Å². The van der Waals surface area contributed by atoms with Crippen LogP contribution in [0.3, 0.4) is 0 Å². The van der Waals surface area contributed by atoms with Crippen molar-refractivity contribution in [2.24, 2.45) is 0 Å². The van der Waals surface area contributed by atoms with Crippen molar-refractivity contribution in [3.05, 3.63) is 38.7 Å². The summed E-state index contributed by atoms with van der Waals surface area (Å²) in [5.41, 5.74) is -0.336. The molecule has 70 valence electrons. The Morgan fingerprint density at radius 2 is 2.23 bits per heavy atom. The first-order valence-electron chi connectivity index (χ1n) is 3.69. The first kappa shape index (κ1) is 9.92. The average Bonchev–Trinajstić information content (AvgIpc) is 2.04. The molecule has 1 aromatic carbocycles. The molecule has 0 unspecified atom stereocenters. The van der Waals surface area contributed by atoms with Crippen LogP contribution in [0.15, 0.2) is 12.1 Å². The summed E-state index contributed by atoms with van der Waals surface area (Å²) in [6, 6.07) is 2.40. The Morgan fingerprint density at radius 3 is 2.69 bits per heavy atom. The fourth-order valence-corrected chi connectivity index (χ4v) is 1.33. The second-order valence-corrected chi connectivity index (χ2v) is 2.88. The van der Waals surface area contributed by atoms with Gasteiger partial charge in [-0.3, -0.25) is 10.1 Å². The summed E-state index contributed by atoms with van der Waals surface area (Å²) in [5, 5.41) is 10.6. The minimum atomic E-state index is -0.833. The molecule has 0 amide bonds. The lowest BCUT2D eigenvalue weighted by Gasteiger charge is -2.02. The van der Waals surface area contributed by atoms with Gasteiger partial charge in [-0.15, -0.1) is 0 Å². The van der Waals surface area contributed by atoms with Gasteiger partial charge >= 0.3 is 5.69 Å². The molecular weight excluding hydrogens is 197 g/mol. The second kappa shape index (κ2) is 3.70. The minimum Gasteiger partial charge on any atom is -0.258 e. The van der Waals surface area contributed by atoms with Crippen LogP contribution in [0.2, 0.25) is 5.02 Å². The minimum absolute atomic E-state index is 0.191. The van der Waals surface area contributed by atoms with Crippen molar-refractivity contribution in [2.45, 2.75) is 13.3 Å². The third-order valence-corrected chi connectivity index (χ3v) is 2.07. The zero-order chi connectivity index (χ0) is 10.0. The summed E-state index contributed by atoms with van der Waals surface area (Å²) in [7, 11) is 0. The maximum atomic E-state index is 13.3. The molecule has 0 aliphatic rings. The van der Waals surface area contributed by atoms with Gasteiger partial charge in [-0.2, -0.15) is 4.39 Å². The molecule has 0 bridgehead atoms. The van der Waals surface area contributed by atoms with Gasteiger partial charge in [0.25, 0.3) is 0 Å². The van der Waals surface area contributed by atoms with E-state index in [1.165, 1.54) is 6.07 Å². The zero-order valence-electron chi connectivity index (χ0n) is 6.88. The molecule has 1 aromatic rings. The highest BCUT2D eigenvalue weighted by Gasteiger charge is 2.18. The van der Waals surface area contributed by atoms with Crippen LogP contribution in [0.1, 0.15) is 12.5 Å². The molecule has 13 heavy (non-hydrogen) atoms. The van der Waals surface area contributed by atoms with Crippen molar-refractivity contribution in [1.82, 2.24) is 0 Å². The molecule has 5 heteroatoms. The van der Waals surface area contributed by atoms with E-state index in [1.807, 2.05) is 0 Å². The maximum Gasteiger partial charge on any atom is 0.305 e. The third kappa shape index (κ3) is 1.78. The number of nitro benzene ring substituents is 1. The number of benzene rings is 1. The van der Waals surface area contributed by atoms with Crippen molar-refractivity contribution in [3.8, 4) is 0 Å². The molecular formula is C8H7ClFNO2. The summed E-state index contributed by atoms with van der Waals surface area (Å²) in [6.07, 6.45) is 0.340. The first-order chi connectivity index (χ1) is 6.07. The molecule has 1 rings (SSSR count). The maximum absolute atomic E-state index is 13.3. The van der Waals surface area contributed by atoms with Gasteiger partial charge in [0.05, 0.1) is 4.92 Å². The average molecular weight is 204 g/mol. The molecule has 0 aromatic heterocycles. The van der Waals surface area contributed by atoms with E-state index in [-0.39, 0.29) is 10.6 Å². The highest BCUT2D eigenvalue weighted by Crippen LogP contribution is 2.27. The molecule has 0 saturated carbocycles. The predicted molar refractivity (Wildman–Crippen MR) is 47.4 cm³/mol. The number of halogens is 2. The Labute approximate surface area is 79.3 Å². The van der Waals surface area contributed by atoms with Crippen LogP contribution in [0.25, 0.3) is 0 Å². The monoisotopic (exact) mass is 203 g/mol. The summed E-state index contributed by atoms with van der Waals surface area (Å²) in [4.78, 5) is 9.56. The van der Waals surface area contributed by atoms with Gasteiger partial charge in [0.2, 0.25) is 5.82 Å².